The van der Waals surface area contributed by atoms with Crippen LogP contribution in [0.4, 0.5) is 0 Å². The second kappa shape index (κ2) is 23.4. The zero-order valence-corrected chi connectivity index (χ0v) is 52.7. The summed E-state index contributed by atoms with van der Waals surface area (Å²) in [7, 11) is 0. The van der Waals surface area contributed by atoms with Crippen molar-refractivity contribution >= 4 is 0 Å². The molecular formula is C83H102. The summed E-state index contributed by atoms with van der Waals surface area (Å²) in [6.07, 6.45) is 52.3. The second-order valence-corrected chi connectivity index (χ2v) is 30.9. The highest BCUT2D eigenvalue weighted by atomic mass is 14.7. The van der Waals surface area contributed by atoms with Crippen molar-refractivity contribution in [2.75, 3.05) is 0 Å². The molecule has 0 heterocycles. The highest BCUT2D eigenvalue weighted by Gasteiger charge is 2.63. The van der Waals surface area contributed by atoms with Crippen LogP contribution in [0.15, 0.2) is 229 Å². The number of hydrogen-bond donors (Lipinski definition) is 0. The summed E-state index contributed by atoms with van der Waals surface area (Å²) in [5.41, 5.74) is 12.3. The SMILES string of the molecule is CC1=CC2C(C=C1)C1C=CC(C(C)(C)C)=CC1C2C(c1ccccc1)(c1ccccc1)C1CCC(CCC/C=C/CCCC2CCC(C(c3ccccc3)(c3ccccc3)C3C4C=C(C(C)(C)C)C=CC4C4C=CC(C(C)(C)C)=CC43)C2)C1. The molecule has 0 saturated heterocycles. The minimum atomic E-state index is -0.106. The summed E-state index contributed by atoms with van der Waals surface area (Å²) in [6.45, 7) is 24.1. The van der Waals surface area contributed by atoms with Crippen molar-refractivity contribution in [2.45, 2.75) is 157 Å². The molecule has 0 aliphatic heterocycles. The molecule has 4 aromatic rings. The van der Waals surface area contributed by atoms with Crippen molar-refractivity contribution in [3.05, 3.63) is 251 Å². The summed E-state index contributed by atoms with van der Waals surface area (Å²) >= 11 is 0. The monoisotopic (exact) mass is 1100 g/mol. The average Bonchev–Trinajstić information content (AvgIpc) is 2.54. The van der Waals surface area contributed by atoms with Crippen LogP contribution in [0.2, 0.25) is 0 Å². The van der Waals surface area contributed by atoms with Crippen molar-refractivity contribution in [1.82, 2.24) is 0 Å². The van der Waals surface area contributed by atoms with Crippen molar-refractivity contribution in [3.63, 3.8) is 0 Å². The minimum absolute atomic E-state index is 0.0837. The fraction of sp³-hybridized carbons (Fsp3) is 0.494. The number of rotatable bonds is 16. The molecule has 8 aliphatic carbocycles. The van der Waals surface area contributed by atoms with Gasteiger partial charge < -0.3 is 0 Å². The number of benzene rings is 4. The van der Waals surface area contributed by atoms with Gasteiger partial charge in [0.25, 0.3) is 0 Å². The predicted octanol–water partition coefficient (Wildman–Crippen LogP) is 22.0. The Bertz CT molecular complexity index is 3030. The Kier molecular flexibility index (Phi) is 16.4. The number of allylic oxidation sites excluding steroid dienone is 18. The summed E-state index contributed by atoms with van der Waals surface area (Å²) < 4.78 is 0. The molecule has 0 spiro atoms. The third kappa shape index (κ3) is 10.9. The van der Waals surface area contributed by atoms with Gasteiger partial charge in [0.2, 0.25) is 0 Å². The van der Waals surface area contributed by atoms with E-state index in [-0.39, 0.29) is 27.1 Å². The Balaban J connectivity index is 0.742. The normalized spacial score (nSPS) is 31.3. The highest BCUT2D eigenvalue weighted by molar-refractivity contribution is 5.50. The van der Waals surface area contributed by atoms with E-state index in [1.165, 1.54) is 99.3 Å². The van der Waals surface area contributed by atoms with Crippen LogP contribution < -0.4 is 0 Å². The van der Waals surface area contributed by atoms with Crippen molar-refractivity contribution in [2.24, 2.45) is 99.1 Å². The molecule has 0 nitrogen and oxygen atoms in total. The molecule has 0 heteroatoms. The van der Waals surface area contributed by atoms with Gasteiger partial charge in [-0.05, 0) is 196 Å². The molecule has 13 unspecified atom stereocenters. The lowest BCUT2D eigenvalue weighted by Crippen LogP contribution is -2.47. The molecular weight excluding hydrogens is 997 g/mol. The van der Waals surface area contributed by atoms with Crippen LogP contribution in [0, 0.1) is 99.1 Å². The molecule has 12 rings (SSSR count). The van der Waals surface area contributed by atoms with Crippen LogP contribution in [0.25, 0.3) is 0 Å². The first-order chi connectivity index (χ1) is 40.0. The maximum Gasteiger partial charge on any atom is 0.0270 e. The third-order valence-electron chi connectivity index (χ3n) is 23.1. The highest BCUT2D eigenvalue weighted by Crippen LogP contribution is 2.68. The standard InChI is InChI=1S/C83H102/c1-57-39-47-69-70-48-44-64(79(2,3)4)54-74(70)77(73(69)51-57)82(60-31-21-15-22-32-60,61-33-23-16-24-34-61)67-42-40-58(52-67)29-19-13-11-12-14-20-30-59-41-43-68(53-59)83(62-35-25-17-26-36-62,63-37-27-18-28-38-63)78-75-55-65(80(5,6)7)45-49-71(75)72-50-46-66(56-76(72)78)81(8,9)10/h11-12,15-18,21-28,31-39,44-51,54-56,58-59,67-78H,13-14,19-20,29-30,40-43,52-53H2,1-10H3/b12-11+. The van der Waals surface area contributed by atoms with Crippen LogP contribution in [-0.2, 0) is 10.8 Å². The van der Waals surface area contributed by atoms with E-state index in [0.29, 0.717) is 71.0 Å². The molecule has 4 fully saturated rings. The molecule has 8 aliphatic rings. The van der Waals surface area contributed by atoms with Gasteiger partial charge in [0.05, 0.1) is 0 Å². The largest absolute Gasteiger partial charge is 0.0885 e. The van der Waals surface area contributed by atoms with E-state index in [0.717, 1.165) is 11.8 Å². The average molecular weight is 1100 g/mol. The van der Waals surface area contributed by atoms with Crippen LogP contribution in [0.3, 0.4) is 0 Å². The van der Waals surface area contributed by atoms with Gasteiger partial charge in [0.15, 0.2) is 0 Å². The number of unbranched alkanes of at least 4 members (excludes halogenated alkanes) is 2. The van der Waals surface area contributed by atoms with Crippen molar-refractivity contribution in [1.29, 1.82) is 0 Å². The molecule has 0 N–H and O–H groups in total. The first-order valence-electron chi connectivity index (χ1n) is 33.4. The third-order valence-corrected chi connectivity index (χ3v) is 23.1. The van der Waals surface area contributed by atoms with Gasteiger partial charge in [-0.3, -0.25) is 0 Å². The Morgan fingerprint density at radius 3 is 0.976 bits per heavy atom. The topological polar surface area (TPSA) is 0 Å². The predicted molar refractivity (Wildman–Crippen MR) is 354 cm³/mol. The molecule has 0 bridgehead atoms. The molecule has 83 heavy (non-hydrogen) atoms. The van der Waals surface area contributed by atoms with Crippen LogP contribution in [0.1, 0.15) is 169 Å². The number of hydrogen-bond acceptors (Lipinski definition) is 0. The summed E-state index contributed by atoms with van der Waals surface area (Å²) in [5, 5.41) is 0. The van der Waals surface area contributed by atoms with E-state index < -0.39 is 0 Å². The minimum Gasteiger partial charge on any atom is -0.0885 e. The van der Waals surface area contributed by atoms with Gasteiger partial charge in [-0.2, -0.15) is 0 Å². The van der Waals surface area contributed by atoms with Crippen LogP contribution in [0.5, 0.6) is 0 Å². The Morgan fingerprint density at radius 1 is 0.361 bits per heavy atom. The van der Waals surface area contributed by atoms with Crippen molar-refractivity contribution < 1.29 is 0 Å². The van der Waals surface area contributed by atoms with E-state index in [1.807, 2.05) is 0 Å². The summed E-state index contributed by atoms with van der Waals surface area (Å²) in [4.78, 5) is 0. The van der Waals surface area contributed by atoms with E-state index in [4.69, 9.17) is 0 Å². The first kappa shape index (κ1) is 57.9. The van der Waals surface area contributed by atoms with E-state index in [9.17, 15) is 0 Å². The summed E-state index contributed by atoms with van der Waals surface area (Å²) in [5.74, 6) is 7.58. The lowest BCUT2D eigenvalue weighted by Gasteiger charge is -2.50. The molecule has 0 aromatic heterocycles. The van der Waals surface area contributed by atoms with Gasteiger partial charge in [0.1, 0.15) is 0 Å². The van der Waals surface area contributed by atoms with Gasteiger partial charge >= 0.3 is 0 Å². The molecule has 0 amide bonds. The first-order valence-corrected chi connectivity index (χ1v) is 33.4. The molecule has 0 radical (unpaired) electrons. The van der Waals surface area contributed by atoms with Gasteiger partial charge in [-0.15, -0.1) is 0 Å². The second-order valence-electron chi connectivity index (χ2n) is 30.9. The zero-order valence-electron chi connectivity index (χ0n) is 52.7. The lowest BCUT2D eigenvalue weighted by atomic mass is 9.52. The maximum atomic E-state index is 2.79. The fourth-order valence-electron chi connectivity index (χ4n) is 19.4. The van der Waals surface area contributed by atoms with Gasteiger partial charge in [0, 0.05) is 10.8 Å². The van der Waals surface area contributed by atoms with E-state index in [1.54, 1.807) is 22.3 Å². The molecule has 4 aromatic carbocycles. The lowest BCUT2D eigenvalue weighted by molar-refractivity contribution is 0.153. The smallest absolute Gasteiger partial charge is 0.0270 e. The van der Waals surface area contributed by atoms with E-state index in [2.05, 4.69) is 276 Å². The maximum absolute atomic E-state index is 2.79. The Labute approximate surface area is 504 Å². The fourth-order valence-corrected chi connectivity index (χ4v) is 19.4. The van der Waals surface area contributed by atoms with Crippen LogP contribution >= 0.6 is 0 Å². The Hall–Kier alpha value is -5.46. The van der Waals surface area contributed by atoms with Gasteiger partial charge in [-0.1, -0.05) is 300 Å². The zero-order chi connectivity index (χ0) is 57.7. The summed E-state index contributed by atoms with van der Waals surface area (Å²) in [6, 6.07) is 47.9. The quantitative estimate of drug-likeness (QED) is 0.0775. The van der Waals surface area contributed by atoms with Crippen molar-refractivity contribution in [3.8, 4) is 0 Å². The van der Waals surface area contributed by atoms with Gasteiger partial charge in [-0.25, -0.2) is 0 Å². The van der Waals surface area contributed by atoms with E-state index >= 15 is 0 Å². The molecule has 13 atom stereocenters. The number of fused-ring (bicyclic) bond motifs is 6. The molecule has 4 saturated carbocycles. The Morgan fingerprint density at radius 2 is 0.663 bits per heavy atom. The molecule has 434 valence electrons. The van der Waals surface area contributed by atoms with Crippen LogP contribution in [-0.4, -0.2) is 0 Å².